The van der Waals surface area contributed by atoms with Crippen LogP contribution in [0.15, 0.2) is 58.5 Å². The number of benzene rings is 2. The Balaban J connectivity index is 2.11. The molecular weight excluding hydrogens is 336 g/mol. The molecule has 25 heavy (non-hydrogen) atoms. The summed E-state index contributed by atoms with van der Waals surface area (Å²) >= 11 is 1.60. The Hall–Kier alpha value is -2.80. The second-order valence-electron chi connectivity index (χ2n) is 5.41. The first kappa shape index (κ1) is 15.7. The molecule has 4 rings (SSSR count). The lowest BCUT2D eigenvalue weighted by atomic mass is 10.2. The summed E-state index contributed by atoms with van der Waals surface area (Å²) < 4.78 is 8.74. The minimum Gasteiger partial charge on any atom is -0.497 e. The fourth-order valence-corrected chi connectivity index (χ4v) is 3.53. The number of aromatic nitrogens is 4. The van der Waals surface area contributed by atoms with Crippen molar-refractivity contribution in [3.05, 3.63) is 58.9 Å². The molecular formula is C18H16N4O2S. The Morgan fingerprint density at radius 1 is 1.08 bits per heavy atom. The number of ether oxygens (including phenoxy) is 1. The van der Waals surface area contributed by atoms with Gasteiger partial charge in [0, 0.05) is 0 Å². The zero-order valence-corrected chi connectivity index (χ0v) is 14.7. The molecule has 2 aromatic carbocycles. The average molecular weight is 352 g/mol. The summed E-state index contributed by atoms with van der Waals surface area (Å²) in [7, 11) is 1.61. The quantitative estimate of drug-likeness (QED) is 0.528. The van der Waals surface area contributed by atoms with E-state index in [0.29, 0.717) is 11.2 Å². The van der Waals surface area contributed by atoms with Gasteiger partial charge >= 0.3 is 0 Å². The number of thioether (sulfide) groups is 1. The third-order valence-electron chi connectivity index (χ3n) is 4.00. The molecule has 0 unspecified atom stereocenters. The van der Waals surface area contributed by atoms with Crippen LogP contribution in [0.1, 0.15) is 6.92 Å². The van der Waals surface area contributed by atoms with E-state index < -0.39 is 0 Å². The largest absolute Gasteiger partial charge is 0.497 e. The van der Waals surface area contributed by atoms with Gasteiger partial charge < -0.3 is 4.74 Å². The van der Waals surface area contributed by atoms with Gasteiger partial charge in [-0.25, -0.2) is 4.57 Å². The molecule has 0 spiro atoms. The van der Waals surface area contributed by atoms with Gasteiger partial charge in [0.1, 0.15) is 5.75 Å². The second-order valence-corrected chi connectivity index (χ2v) is 6.64. The molecule has 2 aromatic heterocycles. The lowest BCUT2D eigenvalue weighted by molar-refractivity contribution is 0.414. The highest BCUT2D eigenvalue weighted by molar-refractivity contribution is 7.99. The molecule has 4 aromatic rings. The fourth-order valence-electron chi connectivity index (χ4n) is 2.87. The molecule has 0 radical (unpaired) electrons. The van der Waals surface area contributed by atoms with Crippen LogP contribution in [-0.2, 0) is 0 Å². The van der Waals surface area contributed by atoms with Gasteiger partial charge in [0.05, 0.1) is 23.7 Å². The normalized spacial score (nSPS) is 11.3. The molecule has 0 N–H and O–H groups in total. The van der Waals surface area contributed by atoms with Crippen LogP contribution in [0.25, 0.3) is 22.4 Å². The van der Waals surface area contributed by atoms with Crippen molar-refractivity contribution < 1.29 is 4.74 Å². The van der Waals surface area contributed by atoms with Gasteiger partial charge in [-0.2, -0.15) is 0 Å². The van der Waals surface area contributed by atoms with Crippen molar-refractivity contribution in [3.8, 4) is 11.4 Å². The lowest BCUT2D eigenvalue weighted by Crippen LogP contribution is -2.21. The standard InChI is InChI=1S/C18H16N4O2S/c1-3-25-18-20-19-17-21(12-8-10-13(24-2)11-9-12)16(23)14-6-4-5-7-15(14)22(17)18/h4-11H,3H2,1-2H3. The van der Waals surface area contributed by atoms with E-state index in [0.717, 1.165) is 27.9 Å². The van der Waals surface area contributed by atoms with E-state index in [1.54, 1.807) is 23.4 Å². The first-order chi connectivity index (χ1) is 12.2. The van der Waals surface area contributed by atoms with Crippen LogP contribution in [0.4, 0.5) is 0 Å². The molecule has 0 aliphatic heterocycles. The molecule has 0 aliphatic carbocycles. The fraction of sp³-hybridized carbons (Fsp3) is 0.167. The predicted molar refractivity (Wildman–Crippen MR) is 99.0 cm³/mol. The van der Waals surface area contributed by atoms with Crippen LogP contribution in [0.2, 0.25) is 0 Å². The second kappa shape index (κ2) is 6.25. The first-order valence-corrected chi connectivity index (χ1v) is 8.89. The number of fused-ring (bicyclic) bond motifs is 3. The molecule has 6 nitrogen and oxygen atoms in total. The molecule has 0 saturated heterocycles. The van der Waals surface area contributed by atoms with Crippen LogP contribution in [0, 0.1) is 0 Å². The van der Waals surface area contributed by atoms with Gasteiger partial charge in [0.15, 0.2) is 5.16 Å². The lowest BCUT2D eigenvalue weighted by Gasteiger charge is -2.11. The van der Waals surface area contributed by atoms with Crippen molar-refractivity contribution in [2.24, 2.45) is 0 Å². The molecule has 0 atom stereocenters. The average Bonchev–Trinajstić information content (AvgIpc) is 3.06. The summed E-state index contributed by atoms with van der Waals surface area (Å²) in [6.07, 6.45) is 0. The molecule has 2 heterocycles. The summed E-state index contributed by atoms with van der Waals surface area (Å²) in [5, 5.41) is 9.98. The van der Waals surface area contributed by atoms with Crippen LogP contribution in [0.5, 0.6) is 5.75 Å². The third-order valence-corrected chi connectivity index (χ3v) is 4.81. The summed E-state index contributed by atoms with van der Waals surface area (Å²) in [6.45, 7) is 2.06. The summed E-state index contributed by atoms with van der Waals surface area (Å²) in [6, 6.07) is 14.9. The van der Waals surface area contributed by atoms with Crippen LogP contribution in [0.3, 0.4) is 0 Å². The van der Waals surface area contributed by atoms with E-state index in [4.69, 9.17) is 4.74 Å². The van der Waals surface area contributed by atoms with Crippen LogP contribution >= 0.6 is 11.8 Å². The maximum absolute atomic E-state index is 13.1. The predicted octanol–water partition coefficient (Wildman–Crippen LogP) is 3.15. The maximum Gasteiger partial charge on any atom is 0.267 e. The van der Waals surface area contributed by atoms with E-state index in [-0.39, 0.29) is 5.56 Å². The smallest absolute Gasteiger partial charge is 0.267 e. The van der Waals surface area contributed by atoms with Gasteiger partial charge in [-0.1, -0.05) is 30.8 Å². The Kier molecular flexibility index (Phi) is 3.93. The minimum atomic E-state index is -0.117. The maximum atomic E-state index is 13.1. The number of rotatable bonds is 4. The Labute approximate surface area is 148 Å². The topological polar surface area (TPSA) is 61.4 Å². The Bertz CT molecular complexity index is 1120. The number of hydrogen-bond acceptors (Lipinski definition) is 5. The van der Waals surface area contributed by atoms with Crippen molar-refractivity contribution in [2.45, 2.75) is 12.1 Å². The monoisotopic (exact) mass is 352 g/mol. The molecule has 0 bridgehead atoms. The molecule has 7 heteroatoms. The highest BCUT2D eigenvalue weighted by Crippen LogP contribution is 2.23. The summed E-state index contributed by atoms with van der Waals surface area (Å²) in [5.41, 5.74) is 1.42. The van der Waals surface area contributed by atoms with Gasteiger partial charge in [0.2, 0.25) is 5.78 Å². The van der Waals surface area contributed by atoms with Gasteiger partial charge in [-0.15, -0.1) is 10.2 Å². The number of nitrogens with zero attached hydrogens (tertiary/aromatic N) is 4. The van der Waals surface area contributed by atoms with Gasteiger partial charge in [-0.05, 0) is 42.2 Å². The zero-order chi connectivity index (χ0) is 17.4. The highest BCUT2D eigenvalue weighted by Gasteiger charge is 2.17. The highest BCUT2D eigenvalue weighted by atomic mass is 32.2. The van der Waals surface area contributed by atoms with E-state index in [1.807, 2.05) is 52.9 Å². The van der Waals surface area contributed by atoms with Crippen molar-refractivity contribution in [1.29, 1.82) is 0 Å². The van der Waals surface area contributed by atoms with E-state index in [9.17, 15) is 4.79 Å². The number of para-hydroxylation sites is 1. The minimum absolute atomic E-state index is 0.117. The van der Waals surface area contributed by atoms with Crippen LogP contribution in [-0.4, -0.2) is 32.0 Å². The number of methoxy groups -OCH3 is 1. The van der Waals surface area contributed by atoms with Gasteiger partial charge in [-0.3, -0.25) is 9.20 Å². The Morgan fingerprint density at radius 2 is 1.84 bits per heavy atom. The third kappa shape index (κ3) is 2.47. The van der Waals surface area contributed by atoms with Crippen molar-refractivity contribution in [2.75, 3.05) is 12.9 Å². The molecule has 0 aliphatic rings. The van der Waals surface area contributed by atoms with E-state index >= 15 is 0 Å². The molecule has 0 fully saturated rings. The van der Waals surface area contributed by atoms with Gasteiger partial charge in [0.25, 0.3) is 5.56 Å². The first-order valence-electron chi connectivity index (χ1n) is 7.90. The number of hydrogen-bond donors (Lipinski definition) is 0. The zero-order valence-electron chi connectivity index (χ0n) is 13.8. The van der Waals surface area contributed by atoms with Crippen molar-refractivity contribution >= 4 is 28.4 Å². The summed E-state index contributed by atoms with van der Waals surface area (Å²) in [4.78, 5) is 13.1. The van der Waals surface area contributed by atoms with Crippen LogP contribution < -0.4 is 10.3 Å². The molecule has 126 valence electrons. The SMILES string of the molecule is CCSc1nnc2n(-c3ccc(OC)cc3)c(=O)c3ccccc3n12. The molecule has 0 amide bonds. The molecule has 0 saturated carbocycles. The summed E-state index contributed by atoms with van der Waals surface area (Å²) in [5.74, 6) is 2.11. The van der Waals surface area contributed by atoms with Crippen molar-refractivity contribution in [1.82, 2.24) is 19.2 Å². The van der Waals surface area contributed by atoms with E-state index in [1.165, 1.54) is 0 Å². The van der Waals surface area contributed by atoms with E-state index in [2.05, 4.69) is 17.1 Å². The Morgan fingerprint density at radius 3 is 2.56 bits per heavy atom. The van der Waals surface area contributed by atoms with Crippen molar-refractivity contribution in [3.63, 3.8) is 0 Å².